The Morgan fingerprint density at radius 3 is 2.17 bits per heavy atom. The summed E-state index contributed by atoms with van der Waals surface area (Å²) in [5.74, 6) is -0.227. The molecule has 2 aromatic carbocycles. The average Bonchev–Trinajstić information content (AvgIpc) is 2.78. The van der Waals surface area contributed by atoms with Crippen LogP contribution in [-0.2, 0) is 4.79 Å². The van der Waals surface area contributed by atoms with Crippen molar-refractivity contribution in [2.75, 3.05) is 41.3 Å². The molecule has 0 bridgehead atoms. The molecular formula is C25H30Cl4N4O3. The van der Waals surface area contributed by atoms with Gasteiger partial charge < -0.3 is 20.2 Å². The lowest BCUT2D eigenvalue weighted by atomic mass is 10.1. The highest BCUT2D eigenvalue weighted by atomic mass is 35.5. The van der Waals surface area contributed by atoms with E-state index in [4.69, 9.17) is 16.6 Å². The number of carbonyl (C=O) groups excluding carboxylic acids is 1. The minimum atomic E-state index is -1.02. The monoisotopic (exact) mass is 574 g/mol. The highest BCUT2D eigenvalue weighted by Gasteiger charge is 2.21. The number of hydrogen-bond donors (Lipinski definition) is 2. The third-order valence-corrected chi connectivity index (χ3v) is 5.95. The summed E-state index contributed by atoms with van der Waals surface area (Å²) < 4.78 is 0. The summed E-state index contributed by atoms with van der Waals surface area (Å²) in [6.45, 7) is 6.99. The number of aromatic carboxylic acids is 1. The number of benzene rings is 2. The minimum Gasteiger partial charge on any atom is -0.478 e. The minimum absolute atomic E-state index is 0. The maximum absolute atomic E-state index is 12.1. The van der Waals surface area contributed by atoms with Crippen LogP contribution in [0.3, 0.4) is 0 Å². The second-order valence-electron chi connectivity index (χ2n) is 8.66. The van der Waals surface area contributed by atoms with Crippen molar-refractivity contribution in [2.45, 2.75) is 20.3 Å². The first-order valence-corrected chi connectivity index (χ1v) is 11.4. The van der Waals surface area contributed by atoms with E-state index in [0.717, 1.165) is 31.9 Å². The van der Waals surface area contributed by atoms with Crippen LogP contribution < -0.4 is 15.1 Å². The Kier molecular flexibility index (Phi) is 12.1. The summed E-state index contributed by atoms with van der Waals surface area (Å²) >= 11 is 5.99. The number of nitrogens with zero attached hydrogens (tertiary/aromatic N) is 3. The Labute approximate surface area is 234 Å². The van der Waals surface area contributed by atoms with Crippen LogP contribution in [0.4, 0.5) is 17.2 Å². The molecule has 11 heteroatoms. The zero-order valence-electron chi connectivity index (χ0n) is 19.9. The molecule has 196 valence electrons. The molecule has 0 radical (unpaired) electrons. The number of fused-ring (bicyclic) bond motifs is 1. The van der Waals surface area contributed by atoms with Gasteiger partial charge >= 0.3 is 5.97 Å². The number of carboxylic acids is 1. The highest BCUT2D eigenvalue weighted by molar-refractivity contribution is 6.30. The van der Waals surface area contributed by atoms with Gasteiger partial charge in [0.05, 0.1) is 11.1 Å². The van der Waals surface area contributed by atoms with E-state index in [-0.39, 0.29) is 54.6 Å². The van der Waals surface area contributed by atoms with Crippen LogP contribution in [0.2, 0.25) is 5.02 Å². The fourth-order valence-corrected chi connectivity index (χ4v) is 4.18. The van der Waals surface area contributed by atoms with Crippen LogP contribution in [0.25, 0.3) is 10.9 Å². The number of hydrogen-bond acceptors (Lipinski definition) is 5. The quantitative estimate of drug-likeness (QED) is 0.366. The van der Waals surface area contributed by atoms with Crippen molar-refractivity contribution in [1.82, 2.24) is 4.98 Å². The summed E-state index contributed by atoms with van der Waals surface area (Å²) in [4.78, 5) is 33.3. The average molecular weight is 576 g/mol. The Balaban J connectivity index is 0.00000216. The van der Waals surface area contributed by atoms with Gasteiger partial charge in [-0.15, -0.1) is 37.2 Å². The fraction of sp³-hybridized carbons (Fsp3) is 0.320. The highest BCUT2D eigenvalue weighted by Crippen LogP contribution is 2.28. The lowest BCUT2D eigenvalue weighted by molar-refractivity contribution is -0.116. The number of carboxylic acid groups (broad SMARTS) is 1. The number of rotatable bonds is 6. The Bertz CT molecular complexity index is 1180. The van der Waals surface area contributed by atoms with Gasteiger partial charge in [0.15, 0.2) is 0 Å². The third-order valence-electron chi connectivity index (χ3n) is 5.70. The van der Waals surface area contributed by atoms with E-state index in [0.29, 0.717) is 33.9 Å². The Hall–Kier alpha value is -2.45. The molecule has 3 aromatic rings. The Morgan fingerprint density at radius 2 is 1.58 bits per heavy atom. The van der Waals surface area contributed by atoms with Gasteiger partial charge in [0.1, 0.15) is 5.82 Å². The summed E-state index contributed by atoms with van der Waals surface area (Å²) in [7, 11) is 0. The lowest BCUT2D eigenvalue weighted by Gasteiger charge is -2.37. The Morgan fingerprint density at radius 1 is 0.972 bits per heavy atom. The molecule has 2 N–H and O–H groups in total. The molecule has 2 heterocycles. The predicted molar refractivity (Wildman–Crippen MR) is 154 cm³/mol. The van der Waals surface area contributed by atoms with Crippen molar-refractivity contribution in [1.29, 1.82) is 0 Å². The van der Waals surface area contributed by atoms with Crippen molar-refractivity contribution in [3.8, 4) is 0 Å². The molecule has 7 nitrogen and oxygen atoms in total. The van der Waals surface area contributed by atoms with Crippen LogP contribution in [0.1, 0.15) is 30.6 Å². The van der Waals surface area contributed by atoms with Crippen molar-refractivity contribution in [3.63, 3.8) is 0 Å². The number of anilines is 3. The number of pyridine rings is 1. The van der Waals surface area contributed by atoms with Crippen LogP contribution in [0, 0.1) is 5.92 Å². The molecule has 4 rings (SSSR count). The van der Waals surface area contributed by atoms with Crippen LogP contribution >= 0.6 is 48.8 Å². The van der Waals surface area contributed by atoms with Gasteiger partial charge in [-0.2, -0.15) is 0 Å². The fourth-order valence-electron chi connectivity index (χ4n) is 4.06. The molecule has 0 atom stereocenters. The second kappa shape index (κ2) is 13.7. The summed E-state index contributed by atoms with van der Waals surface area (Å²) in [5.41, 5.74) is 2.45. The van der Waals surface area contributed by atoms with Crippen LogP contribution in [0.5, 0.6) is 0 Å². The summed E-state index contributed by atoms with van der Waals surface area (Å²) in [6, 6.07) is 14.6. The lowest BCUT2D eigenvalue weighted by Crippen LogP contribution is -2.46. The maximum atomic E-state index is 12.1. The van der Waals surface area contributed by atoms with Gasteiger partial charge in [-0.05, 0) is 54.4 Å². The molecule has 1 fully saturated rings. The SMILES string of the molecule is CC(C)CC(=O)Nc1ccc2nc(N3CCN(c4ccc(Cl)cc4)CC3)cc(C(=O)O)c2c1.Cl.Cl.Cl. The summed E-state index contributed by atoms with van der Waals surface area (Å²) in [5, 5.41) is 13.9. The van der Waals surface area contributed by atoms with E-state index < -0.39 is 5.97 Å². The first-order valence-electron chi connectivity index (χ1n) is 11.0. The van der Waals surface area contributed by atoms with Gasteiger partial charge in [0, 0.05) is 54.4 Å². The summed E-state index contributed by atoms with van der Waals surface area (Å²) in [6.07, 6.45) is 0.406. The standard InChI is InChI=1S/C25H27ClN4O3.3ClH/c1-16(2)13-24(31)27-18-5-8-22-20(14-18)21(25(32)33)15-23(28-22)30-11-9-29(10-12-30)19-6-3-17(26)4-7-19;;;/h3-8,14-16H,9-13H2,1-2H3,(H,27,31)(H,32,33);3*1H. The van der Waals surface area contributed by atoms with Gasteiger partial charge in [-0.25, -0.2) is 9.78 Å². The molecule has 0 unspecified atom stereocenters. The largest absolute Gasteiger partial charge is 0.478 e. The maximum Gasteiger partial charge on any atom is 0.336 e. The zero-order chi connectivity index (χ0) is 23.5. The molecule has 1 aliphatic rings. The smallest absolute Gasteiger partial charge is 0.336 e. The molecular weight excluding hydrogens is 546 g/mol. The number of carbonyl (C=O) groups is 2. The number of aromatic nitrogens is 1. The van der Waals surface area contributed by atoms with Crippen LogP contribution in [-0.4, -0.2) is 48.1 Å². The van der Waals surface area contributed by atoms with Crippen molar-refractivity contribution in [2.24, 2.45) is 5.92 Å². The van der Waals surface area contributed by atoms with E-state index in [1.54, 1.807) is 24.3 Å². The molecule has 1 aromatic heterocycles. The normalized spacial score (nSPS) is 12.9. The molecule has 1 saturated heterocycles. The first-order chi connectivity index (χ1) is 15.8. The van der Waals surface area contributed by atoms with E-state index in [2.05, 4.69) is 15.1 Å². The molecule has 1 amide bonds. The number of amides is 1. The van der Waals surface area contributed by atoms with Crippen LogP contribution in [0.15, 0.2) is 48.5 Å². The topological polar surface area (TPSA) is 85.8 Å². The van der Waals surface area contributed by atoms with E-state index in [1.165, 1.54) is 0 Å². The predicted octanol–water partition coefficient (Wildman–Crippen LogP) is 6.16. The van der Waals surface area contributed by atoms with Gasteiger partial charge in [-0.3, -0.25) is 4.79 Å². The molecule has 0 aliphatic carbocycles. The number of halogens is 4. The van der Waals surface area contributed by atoms with Gasteiger partial charge in [0.2, 0.25) is 5.91 Å². The van der Waals surface area contributed by atoms with E-state index in [9.17, 15) is 14.7 Å². The number of piperazine rings is 1. The second-order valence-corrected chi connectivity index (χ2v) is 9.10. The van der Waals surface area contributed by atoms with Crippen molar-refractivity contribution in [3.05, 3.63) is 59.1 Å². The van der Waals surface area contributed by atoms with Crippen molar-refractivity contribution >= 4 is 88.8 Å². The van der Waals surface area contributed by atoms with Gasteiger partial charge in [0.25, 0.3) is 0 Å². The van der Waals surface area contributed by atoms with Gasteiger partial charge in [-0.1, -0.05) is 25.4 Å². The molecule has 0 saturated carbocycles. The third kappa shape index (κ3) is 7.53. The number of nitrogens with one attached hydrogen (secondary N) is 1. The molecule has 36 heavy (non-hydrogen) atoms. The molecule has 0 spiro atoms. The first kappa shape index (κ1) is 31.6. The van der Waals surface area contributed by atoms with Crippen molar-refractivity contribution < 1.29 is 14.7 Å². The van der Waals surface area contributed by atoms with E-state index in [1.807, 2.05) is 38.1 Å². The van der Waals surface area contributed by atoms with E-state index >= 15 is 0 Å². The molecule has 1 aliphatic heterocycles. The zero-order valence-corrected chi connectivity index (χ0v) is 23.1.